The number of nitrogens with zero attached hydrogens (tertiary/aromatic N) is 3. The molecule has 0 aliphatic heterocycles. The Labute approximate surface area is 131 Å². The van der Waals surface area contributed by atoms with Crippen LogP contribution >= 0.6 is 11.6 Å². The number of halogens is 1. The van der Waals surface area contributed by atoms with Gasteiger partial charge in [-0.05, 0) is 49.7 Å². The van der Waals surface area contributed by atoms with E-state index in [4.69, 9.17) is 16.6 Å². The fourth-order valence-corrected chi connectivity index (χ4v) is 3.59. The van der Waals surface area contributed by atoms with Crippen molar-refractivity contribution in [3.63, 3.8) is 0 Å². The summed E-state index contributed by atoms with van der Waals surface area (Å²) in [5.74, 6) is 1.71. The van der Waals surface area contributed by atoms with Crippen LogP contribution in [0.5, 0.6) is 0 Å². The Hall–Kier alpha value is -1.09. The standard InChI is InChI=1S/C17H24ClN3/c1-12-10-14-16(19-11-12)21(15(20-14)6-9-18)13-4-7-17(2,3)8-5-13/h10-11,13H,4-9H2,1-3H3. The minimum atomic E-state index is 0.476. The molecule has 2 aromatic rings. The van der Waals surface area contributed by atoms with E-state index in [0.717, 1.165) is 29.0 Å². The molecular weight excluding hydrogens is 282 g/mol. The van der Waals surface area contributed by atoms with Crippen molar-refractivity contribution in [3.05, 3.63) is 23.7 Å². The molecule has 1 aliphatic rings. The summed E-state index contributed by atoms with van der Waals surface area (Å²) < 4.78 is 2.37. The molecule has 0 atom stereocenters. The van der Waals surface area contributed by atoms with E-state index in [2.05, 4.69) is 36.4 Å². The predicted molar refractivity (Wildman–Crippen MR) is 88.0 cm³/mol. The molecule has 3 nitrogen and oxygen atoms in total. The molecule has 1 aliphatic carbocycles. The SMILES string of the molecule is Cc1cnc2c(c1)nc(CCCl)n2C1CCC(C)(C)CC1. The van der Waals surface area contributed by atoms with Gasteiger partial charge >= 0.3 is 0 Å². The van der Waals surface area contributed by atoms with E-state index in [1.54, 1.807) is 0 Å². The van der Waals surface area contributed by atoms with E-state index >= 15 is 0 Å². The van der Waals surface area contributed by atoms with Gasteiger partial charge in [-0.25, -0.2) is 9.97 Å². The molecular formula is C17H24ClN3. The predicted octanol–water partition coefficient (Wildman–Crippen LogP) is 4.66. The lowest BCUT2D eigenvalue weighted by Gasteiger charge is -2.35. The summed E-state index contributed by atoms with van der Waals surface area (Å²) in [6.07, 6.45) is 7.72. The molecule has 114 valence electrons. The van der Waals surface area contributed by atoms with E-state index in [0.29, 0.717) is 17.3 Å². The van der Waals surface area contributed by atoms with Crippen LogP contribution in [-0.4, -0.2) is 20.4 Å². The highest BCUT2D eigenvalue weighted by Crippen LogP contribution is 2.41. The Morgan fingerprint density at radius 3 is 2.71 bits per heavy atom. The van der Waals surface area contributed by atoms with Gasteiger partial charge < -0.3 is 4.57 Å². The van der Waals surface area contributed by atoms with Crippen LogP contribution in [-0.2, 0) is 6.42 Å². The first-order chi connectivity index (χ1) is 10.00. The second-order valence-corrected chi connectivity index (χ2v) is 7.47. The normalized spacial score (nSPS) is 19.2. The van der Waals surface area contributed by atoms with Crippen LogP contribution in [0, 0.1) is 12.3 Å². The third-order valence-electron chi connectivity index (χ3n) is 4.73. The van der Waals surface area contributed by atoms with E-state index in [1.807, 2.05) is 6.20 Å². The monoisotopic (exact) mass is 305 g/mol. The first-order valence-corrected chi connectivity index (χ1v) is 8.43. The van der Waals surface area contributed by atoms with Gasteiger partial charge in [0.15, 0.2) is 5.65 Å². The molecule has 1 fully saturated rings. The summed E-state index contributed by atoms with van der Waals surface area (Å²) in [4.78, 5) is 9.44. The van der Waals surface area contributed by atoms with Crippen molar-refractivity contribution in [1.29, 1.82) is 0 Å². The van der Waals surface area contributed by atoms with Crippen molar-refractivity contribution in [1.82, 2.24) is 14.5 Å². The lowest BCUT2D eigenvalue weighted by atomic mass is 9.75. The molecule has 4 heteroatoms. The van der Waals surface area contributed by atoms with Gasteiger partial charge in [0.05, 0.1) is 0 Å². The van der Waals surface area contributed by atoms with Gasteiger partial charge in [-0.3, -0.25) is 0 Å². The molecule has 0 amide bonds. The zero-order valence-corrected chi connectivity index (χ0v) is 14.0. The van der Waals surface area contributed by atoms with Crippen LogP contribution in [0.1, 0.15) is 57.0 Å². The minimum absolute atomic E-state index is 0.476. The number of hydrogen-bond acceptors (Lipinski definition) is 2. The summed E-state index contributed by atoms with van der Waals surface area (Å²) in [6, 6.07) is 2.65. The minimum Gasteiger partial charge on any atom is -0.310 e. The molecule has 0 spiro atoms. The van der Waals surface area contributed by atoms with Gasteiger partial charge in [-0.1, -0.05) is 13.8 Å². The molecule has 0 saturated heterocycles. The Morgan fingerprint density at radius 2 is 2.05 bits per heavy atom. The maximum atomic E-state index is 5.98. The average molecular weight is 306 g/mol. The average Bonchev–Trinajstić information content (AvgIpc) is 2.76. The van der Waals surface area contributed by atoms with Gasteiger partial charge in [0, 0.05) is 24.5 Å². The molecule has 0 N–H and O–H groups in total. The van der Waals surface area contributed by atoms with E-state index in [-0.39, 0.29) is 0 Å². The van der Waals surface area contributed by atoms with Gasteiger partial charge in [0.25, 0.3) is 0 Å². The number of rotatable bonds is 3. The van der Waals surface area contributed by atoms with Crippen molar-refractivity contribution < 1.29 is 0 Å². The zero-order valence-electron chi connectivity index (χ0n) is 13.2. The Balaban J connectivity index is 2.01. The molecule has 1 saturated carbocycles. The highest BCUT2D eigenvalue weighted by atomic mass is 35.5. The smallest absolute Gasteiger partial charge is 0.160 e. The molecule has 0 unspecified atom stereocenters. The van der Waals surface area contributed by atoms with Crippen LogP contribution < -0.4 is 0 Å². The van der Waals surface area contributed by atoms with Gasteiger partial charge in [0.2, 0.25) is 0 Å². The van der Waals surface area contributed by atoms with Crippen LogP contribution in [0.2, 0.25) is 0 Å². The second kappa shape index (κ2) is 5.60. The van der Waals surface area contributed by atoms with Crippen LogP contribution in [0.3, 0.4) is 0 Å². The summed E-state index contributed by atoms with van der Waals surface area (Å²) in [7, 11) is 0. The van der Waals surface area contributed by atoms with Crippen molar-refractivity contribution in [3.8, 4) is 0 Å². The number of hydrogen-bond donors (Lipinski definition) is 0. The van der Waals surface area contributed by atoms with Crippen molar-refractivity contribution in [2.24, 2.45) is 5.41 Å². The Kier molecular flexibility index (Phi) is 3.96. The van der Waals surface area contributed by atoms with Crippen LogP contribution in [0.15, 0.2) is 12.3 Å². The molecule has 21 heavy (non-hydrogen) atoms. The topological polar surface area (TPSA) is 30.7 Å². The van der Waals surface area contributed by atoms with Crippen LogP contribution in [0.4, 0.5) is 0 Å². The van der Waals surface area contributed by atoms with Gasteiger partial charge in [-0.15, -0.1) is 11.6 Å². The summed E-state index contributed by atoms with van der Waals surface area (Å²) in [5.41, 5.74) is 3.68. The van der Waals surface area contributed by atoms with Gasteiger partial charge in [0.1, 0.15) is 11.3 Å². The van der Waals surface area contributed by atoms with Crippen molar-refractivity contribution in [2.45, 2.75) is 58.9 Å². The summed E-state index contributed by atoms with van der Waals surface area (Å²) >= 11 is 5.98. The number of alkyl halides is 1. The second-order valence-electron chi connectivity index (χ2n) is 7.09. The highest BCUT2D eigenvalue weighted by Gasteiger charge is 2.29. The van der Waals surface area contributed by atoms with Crippen molar-refractivity contribution in [2.75, 3.05) is 5.88 Å². The first kappa shape index (κ1) is 14.8. The fraction of sp³-hybridized carbons (Fsp3) is 0.647. The quantitative estimate of drug-likeness (QED) is 0.772. The Morgan fingerprint density at radius 1 is 1.33 bits per heavy atom. The Bertz CT molecular complexity index is 635. The summed E-state index contributed by atoms with van der Waals surface area (Å²) in [5, 5.41) is 0. The third-order valence-corrected chi connectivity index (χ3v) is 4.92. The van der Waals surface area contributed by atoms with Gasteiger partial charge in [-0.2, -0.15) is 0 Å². The first-order valence-electron chi connectivity index (χ1n) is 7.89. The highest BCUT2D eigenvalue weighted by molar-refractivity contribution is 6.17. The molecule has 0 radical (unpaired) electrons. The van der Waals surface area contributed by atoms with E-state index < -0.39 is 0 Å². The van der Waals surface area contributed by atoms with E-state index in [9.17, 15) is 0 Å². The number of pyridine rings is 1. The van der Waals surface area contributed by atoms with Crippen LogP contribution in [0.25, 0.3) is 11.2 Å². The summed E-state index contributed by atoms with van der Waals surface area (Å²) in [6.45, 7) is 6.81. The molecule has 2 heterocycles. The number of aryl methyl sites for hydroxylation is 2. The molecule has 2 aromatic heterocycles. The van der Waals surface area contributed by atoms with Crippen molar-refractivity contribution >= 4 is 22.8 Å². The molecule has 0 aromatic carbocycles. The van der Waals surface area contributed by atoms with E-state index in [1.165, 1.54) is 25.7 Å². The maximum absolute atomic E-state index is 5.98. The molecule has 0 bridgehead atoms. The largest absolute Gasteiger partial charge is 0.310 e. The number of aromatic nitrogens is 3. The number of imidazole rings is 1. The molecule has 3 rings (SSSR count). The zero-order chi connectivity index (χ0) is 15.0. The lowest BCUT2D eigenvalue weighted by Crippen LogP contribution is -2.24. The number of fused-ring (bicyclic) bond motifs is 1. The fourth-order valence-electron chi connectivity index (χ4n) is 3.42. The lowest BCUT2D eigenvalue weighted by molar-refractivity contribution is 0.194. The maximum Gasteiger partial charge on any atom is 0.160 e. The third kappa shape index (κ3) is 2.94.